The van der Waals surface area contributed by atoms with Gasteiger partial charge in [-0.3, -0.25) is 9.80 Å². The van der Waals surface area contributed by atoms with Gasteiger partial charge < -0.3 is 9.80 Å². The molecule has 18 heavy (non-hydrogen) atoms. The molecular formula is C13H26N4O. The van der Waals surface area contributed by atoms with Crippen LogP contribution < -0.4 is 0 Å². The first-order chi connectivity index (χ1) is 8.41. The van der Waals surface area contributed by atoms with Gasteiger partial charge in [-0.1, -0.05) is 0 Å². The van der Waals surface area contributed by atoms with Crippen LogP contribution in [-0.2, 0) is 0 Å². The highest BCUT2D eigenvalue weighted by molar-refractivity contribution is 5.74. The third kappa shape index (κ3) is 2.34. The lowest BCUT2D eigenvalue weighted by atomic mass is 10.0. The molecule has 2 fully saturated rings. The monoisotopic (exact) mass is 254 g/mol. The molecule has 5 nitrogen and oxygen atoms in total. The maximum absolute atomic E-state index is 12.1. The Bertz CT molecular complexity index is 318. The van der Waals surface area contributed by atoms with Gasteiger partial charge in [0.25, 0.3) is 0 Å². The summed E-state index contributed by atoms with van der Waals surface area (Å²) in [6, 6.07) is 1.68. The Morgan fingerprint density at radius 1 is 1.17 bits per heavy atom. The summed E-state index contributed by atoms with van der Waals surface area (Å²) in [5, 5.41) is 0. The number of urea groups is 1. The topological polar surface area (TPSA) is 30.0 Å². The largest absolute Gasteiger partial charge is 0.331 e. The van der Waals surface area contributed by atoms with Crippen LogP contribution in [0.25, 0.3) is 0 Å². The highest BCUT2D eigenvalue weighted by Gasteiger charge is 2.44. The van der Waals surface area contributed by atoms with Crippen LogP contribution in [0.4, 0.5) is 4.79 Å². The molecule has 0 aliphatic carbocycles. The summed E-state index contributed by atoms with van der Waals surface area (Å²) >= 11 is 0. The summed E-state index contributed by atoms with van der Waals surface area (Å²) in [7, 11) is 5.83. The lowest BCUT2D eigenvalue weighted by molar-refractivity contribution is 0.0411. The van der Waals surface area contributed by atoms with Crippen LogP contribution in [0, 0.1) is 0 Å². The molecule has 104 valence electrons. The highest BCUT2D eigenvalue weighted by Crippen LogP contribution is 2.26. The van der Waals surface area contributed by atoms with Crippen LogP contribution in [-0.4, -0.2) is 91.1 Å². The summed E-state index contributed by atoms with van der Waals surface area (Å²) in [5.41, 5.74) is 0. The third-order valence-corrected chi connectivity index (χ3v) is 4.28. The number of carbonyl (C=O) groups is 1. The molecule has 0 aromatic carbocycles. The van der Waals surface area contributed by atoms with Crippen molar-refractivity contribution in [2.24, 2.45) is 0 Å². The van der Waals surface area contributed by atoms with Crippen molar-refractivity contribution in [3.05, 3.63) is 0 Å². The van der Waals surface area contributed by atoms with Gasteiger partial charge in [0.15, 0.2) is 0 Å². The van der Waals surface area contributed by atoms with Crippen LogP contribution in [0.2, 0.25) is 0 Å². The van der Waals surface area contributed by atoms with Gasteiger partial charge >= 0.3 is 6.03 Å². The summed E-state index contributed by atoms with van der Waals surface area (Å²) in [5.74, 6) is 0. The van der Waals surface area contributed by atoms with Crippen molar-refractivity contribution < 1.29 is 4.79 Å². The van der Waals surface area contributed by atoms with Gasteiger partial charge in [-0.2, -0.15) is 0 Å². The van der Waals surface area contributed by atoms with E-state index >= 15 is 0 Å². The molecule has 0 radical (unpaired) electrons. The molecule has 2 heterocycles. The van der Waals surface area contributed by atoms with Crippen molar-refractivity contribution in [2.45, 2.75) is 32.0 Å². The Morgan fingerprint density at radius 3 is 2.33 bits per heavy atom. The van der Waals surface area contributed by atoms with E-state index in [0.29, 0.717) is 18.1 Å². The molecule has 5 heteroatoms. The van der Waals surface area contributed by atoms with Crippen molar-refractivity contribution in [1.82, 2.24) is 19.6 Å². The molecule has 0 spiro atoms. The molecule has 2 amide bonds. The molecule has 2 atom stereocenters. The normalized spacial score (nSPS) is 29.8. The quantitative estimate of drug-likeness (QED) is 0.677. The first-order valence-corrected chi connectivity index (χ1v) is 6.84. The first kappa shape index (κ1) is 13.6. The smallest absolute Gasteiger partial charge is 0.319 e. The van der Waals surface area contributed by atoms with Gasteiger partial charge in [-0.05, 0) is 20.9 Å². The Kier molecular flexibility index (Phi) is 3.82. The number of likely N-dealkylation sites (tertiary alicyclic amines) is 1. The molecule has 2 unspecified atom stereocenters. The van der Waals surface area contributed by atoms with E-state index in [1.807, 2.05) is 19.0 Å². The van der Waals surface area contributed by atoms with E-state index in [1.165, 1.54) is 0 Å². The first-order valence-electron chi connectivity index (χ1n) is 6.84. The standard InChI is InChI=1S/C13H26N4O/c1-10(2)17-7-6-15(5)11-8-16(9-12(11)17)13(18)14(3)4/h10-12H,6-9H2,1-5H3. The molecular weight excluding hydrogens is 228 g/mol. The molecule has 0 bridgehead atoms. The molecule has 2 aliphatic rings. The van der Waals surface area contributed by atoms with E-state index in [-0.39, 0.29) is 6.03 Å². The molecule has 0 saturated carbocycles. The van der Waals surface area contributed by atoms with E-state index in [0.717, 1.165) is 26.2 Å². The molecule has 2 saturated heterocycles. The summed E-state index contributed by atoms with van der Waals surface area (Å²) < 4.78 is 0. The van der Waals surface area contributed by atoms with E-state index in [9.17, 15) is 4.79 Å². The Labute approximate surface area is 110 Å². The second-order valence-corrected chi connectivity index (χ2v) is 6.03. The zero-order valence-electron chi connectivity index (χ0n) is 12.3. The zero-order chi connectivity index (χ0) is 13.4. The summed E-state index contributed by atoms with van der Waals surface area (Å²) in [4.78, 5) is 20.7. The number of rotatable bonds is 1. The molecule has 2 aliphatic heterocycles. The van der Waals surface area contributed by atoms with Crippen LogP contribution >= 0.6 is 0 Å². The lowest BCUT2D eigenvalue weighted by Crippen LogP contribution is -2.59. The SMILES string of the molecule is CC(C)N1CCN(C)C2CN(C(=O)N(C)C)CC21. The van der Waals surface area contributed by atoms with Crippen LogP contribution in [0.5, 0.6) is 0 Å². The fraction of sp³-hybridized carbons (Fsp3) is 0.923. The third-order valence-electron chi connectivity index (χ3n) is 4.28. The van der Waals surface area contributed by atoms with Gasteiger partial charge in [0.05, 0.1) is 0 Å². The minimum absolute atomic E-state index is 0.140. The summed E-state index contributed by atoms with van der Waals surface area (Å²) in [6.07, 6.45) is 0. The number of likely N-dealkylation sites (N-methyl/N-ethyl adjacent to an activating group) is 1. The minimum Gasteiger partial charge on any atom is -0.331 e. The Morgan fingerprint density at radius 2 is 1.78 bits per heavy atom. The Hall–Kier alpha value is -0.810. The van der Waals surface area contributed by atoms with Crippen molar-refractivity contribution in [3.8, 4) is 0 Å². The fourth-order valence-corrected chi connectivity index (χ4v) is 3.21. The average Bonchev–Trinajstić information content (AvgIpc) is 2.73. The average molecular weight is 254 g/mol. The van der Waals surface area contributed by atoms with Crippen molar-refractivity contribution in [3.63, 3.8) is 0 Å². The number of fused-ring (bicyclic) bond motifs is 1. The predicted octanol–water partition coefficient (Wildman–Crippen LogP) is 0.377. The van der Waals surface area contributed by atoms with Crippen molar-refractivity contribution in [1.29, 1.82) is 0 Å². The van der Waals surface area contributed by atoms with Gasteiger partial charge in [0, 0.05) is 58.4 Å². The maximum Gasteiger partial charge on any atom is 0.319 e. The molecule has 2 rings (SSSR count). The predicted molar refractivity (Wildman–Crippen MR) is 72.7 cm³/mol. The molecule has 0 aromatic heterocycles. The van der Waals surface area contributed by atoms with Crippen LogP contribution in [0.3, 0.4) is 0 Å². The maximum atomic E-state index is 12.1. The number of piperazine rings is 1. The highest BCUT2D eigenvalue weighted by atomic mass is 16.2. The van der Waals surface area contributed by atoms with E-state index in [1.54, 1.807) is 4.90 Å². The number of carbonyl (C=O) groups excluding carboxylic acids is 1. The number of nitrogens with zero attached hydrogens (tertiary/aromatic N) is 4. The second-order valence-electron chi connectivity index (χ2n) is 6.03. The molecule has 0 N–H and O–H groups in total. The van der Waals surface area contributed by atoms with Crippen LogP contribution in [0.1, 0.15) is 13.8 Å². The van der Waals surface area contributed by atoms with E-state index < -0.39 is 0 Å². The van der Waals surface area contributed by atoms with Crippen LogP contribution in [0.15, 0.2) is 0 Å². The number of hydrogen-bond acceptors (Lipinski definition) is 3. The van der Waals surface area contributed by atoms with Gasteiger partial charge in [-0.25, -0.2) is 4.79 Å². The second kappa shape index (κ2) is 5.05. The zero-order valence-corrected chi connectivity index (χ0v) is 12.3. The molecule has 0 aromatic rings. The number of amides is 2. The van der Waals surface area contributed by atoms with Gasteiger partial charge in [-0.15, -0.1) is 0 Å². The van der Waals surface area contributed by atoms with Gasteiger partial charge in [0.1, 0.15) is 0 Å². The van der Waals surface area contributed by atoms with Crippen molar-refractivity contribution in [2.75, 3.05) is 47.3 Å². The Balaban J connectivity index is 2.11. The minimum atomic E-state index is 0.140. The fourth-order valence-electron chi connectivity index (χ4n) is 3.21. The lowest BCUT2D eigenvalue weighted by Gasteiger charge is -2.44. The summed E-state index contributed by atoms with van der Waals surface area (Å²) in [6.45, 7) is 8.44. The van der Waals surface area contributed by atoms with E-state index in [2.05, 4.69) is 30.7 Å². The van der Waals surface area contributed by atoms with Crippen molar-refractivity contribution >= 4 is 6.03 Å². The van der Waals surface area contributed by atoms with E-state index in [4.69, 9.17) is 0 Å². The van der Waals surface area contributed by atoms with Gasteiger partial charge in [0.2, 0.25) is 0 Å². The number of hydrogen-bond donors (Lipinski definition) is 0.